The van der Waals surface area contributed by atoms with Crippen LogP contribution >= 0.6 is 0 Å². The second-order valence-corrected chi connectivity index (χ2v) is 11.5. The molecule has 2 atom stereocenters. The maximum absolute atomic E-state index is 15.7. The van der Waals surface area contributed by atoms with Gasteiger partial charge in [-0.3, -0.25) is 9.25 Å². The Bertz CT molecular complexity index is 1950. The topological polar surface area (TPSA) is 121 Å². The summed E-state index contributed by atoms with van der Waals surface area (Å²) in [5.41, 5.74) is 11.2. The first-order valence-electron chi connectivity index (χ1n) is 14.9. The van der Waals surface area contributed by atoms with Gasteiger partial charge in [-0.15, -0.1) is 0 Å². The van der Waals surface area contributed by atoms with Crippen LogP contribution in [0.25, 0.3) is 34.1 Å². The Balaban J connectivity index is 1.12. The zero-order valence-corrected chi connectivity index (χ0v) is 24.3. The van der Waals surface area contributed by atoms with Crippen LogP contribution < -0.4 is 16.0 Å². The fourth-order valence-electron chi connectivity index (χ4n) is 6.54. The predicted octanol–water partition coefficient (Wildman–Crippen LogP) is 4.18. The fraction of sp³-hybridized carbons (Fsp3) is 0.281. The molecule has 2 aliphatic rings. The number of hydrogen-bond donors (Lipinski definition) is 2. The zero-order valence-electron chi connectivity index (χ0n) is 24.3. The van der Waals surface area contributed by atoms with E-state index in [9.17, 15) is 0 Å². The lowest BCUT2D eigenvalue weighted by atomic mass is 10.0. The number of nitrogens with zero attached hydrogens (tertiary/aromatic N) is 9. The number of benzene rings is 1. The van der Waals surface area contributed by atoms with Gasteiger partial charge in [0.2, 0.25) is 0 Å². The van der Waals surface area contributed by atoms with Crippen molar-refractivity contribution in [1.29, 1.82) is 0 Å². The minimum absolute atomic E-state index is 0.242. The van der Waals surface area contributed by atoms with Crippen molar-refractivity contribution < 1.29 is 4.39 Å². The van der Waals surface area contributed by atoms with Crippen LogP contribution in [0, 0.1) is 0 Å². The van der Waals surface area contributed by atoms with Gasteiger partial charge in [-0.05, 0) is 66.4 Å². The van der Waals surface area contributed by atoms with Gasteiger partial charge < -0.3 is 16.0 Å². The molecule has 1 unspecified atom stereocenters. The van der Waals surface area contributed by atoms with Crippen LogP contribution in [-0.4, -0.2) is 64.4 Å². The molecule has 0 spiro atoms. The molecule has 6 heterocycles. The summed E-state index contributed by atoms with van der Waals surface area (Å²) in [6, 6.07) is 17.5. The summed E-state index contributed by atoms with van der Waals surface area (Å²) in [6.07, 6.45) is 8.40. The Hall–Kier alpha value is -5.10. The molecule has 44 heavy (non-hydrogen) atoms. The Morgan fingerprint density at radius 3 is 2.61 bits per heavy atom. The normalized spacial score (nSPS) is 18.7. The number of nitrogens with one attached hydrogen (secondary N) is 1. The van der Waals surface area contributed by atoms with Gasteiger partial charge in [-0.1, -0.05) is 6.07 Å². The fourth-order valence-corrected chi connectivity index (χ4v) is 6.54. The molecule has 1 fully saturated rings. The van der Waals surface area contributed by atoms with Crippen molar-refractivity contribution >= 4 is 22.8 Å². The van der Waals surface area contributed by atoms with Crippen LogP contribution in [0.1, 0.15) is 30.0 Å². The largest absolute Gasteiger partial charge is 0.383 e. The highest BCUT2D eigenvalue weighted by Crippen LogP contribution is 2.38. The Labute approximate surface area is 253 Å². The Morgan fingerprint density at radius 1 is 0.955 bits per heavy atom. The van der Waals surface area contributed by atoms with Crippen molar-refractivity contribution in [3.8, 4) is 22.9 Å². The number of rotatable bonds is 6. The van der Waals surface area contributed by atoms with Crippen LogP contribution in [0.4, 0.5) is 16.0 Å². The van der Waals surface area contributed by atoms with Crippen LogP contribution in [0.5, 0.6) is 0 Å². The molecule has 1 aliphatic carbocycles. The molecule has 0 radical (unpaired) electrons. The van der Waals surface area contributed by atoms with Crippen molar-refractivity contribution in [3.05, 3.63) is 90.5 Å². The molecule has 5 aromatic heterocycles. The molecule has 11 nitrogen and oxygen atoms in total. The first-order chi connectivity index (χ1) is 21.5. The van der Waals surface area contributed by atoms with E-state index in [4.69, 9.17) is 15.7 Å². The van der Waals surface area contributed by atoms with E-state index in [2.05, 4.69) is 31.5 Å². The average Bonchev–Trinajstić information content (AvgIpc) is 3.84. The van der Waals surface area contributed by atoms with Crippen LogP contribution in [0.3, 0.4) is 0 Å². The van der Waals surface area contributed by atoms with E-state index in [1.165, 1.54) is 0 Å². The number of halogens is 1. The van der Waals surface area contributed by atoms with E-state index in [1.807, 2.05) is 77.2 Å². The van der Waals surface area contributed by atoms with E-state index in [1.54, 1.807) is 17.1 Å². The lowest BCUT2D eigenvalue weighted by Gasteiger charge is -2.34. The molecule has 0 saturated carbocycles. The summed E-state index contributed by atoms with van der Waals surface area (Å²) in [5.74, 6) is 2.66. The highest BCUT2D eigenvalue weighted by atomic mass is 19.1. The van der Waals surface area contributed by atoms with Crippen molar-refractivity contribution in [3.63, 3.8) is 0 Å². The molecule has 0 bridgehead atoms. The van der Waals surface area contributed by atoms with Crippen LogP contribution in [-0.2, 0) is 13.5 Å². The number of pyridine rings is 2. The molecule has 6 aromatic rings. The van der Waals surface area contributed by atoms with Gasteiger partial charge in [-0.2, -0.15) is 10.2 Å². The molecule has 0 amide bonds. The highest BCUT2D eigenvalue weighted by Gasteiger charge is 2.35. The molecule has 222 valence electrons. The number of aryl methyl sites for hydroxylation is 1. The minimum Gasteiger partial charge on any atom is -0.383 e. The molecule has 3 N–H and O–H groups in total. The maximum Gasteiger partial charge on any atom is 0.167 e. The third kappa shape index (κ3) is 4.58. The number of alkyl halides is 1. The summed E-state index contributed by atoms with van der Waals surface area (Å²) in [5, 5.41) is 12.5. The first-order valence-corrected chi connectivity index (χ1v) is 14.9. The third-order valence-corrected chi connectivity index (χ3v) is 8.74. The quantitative estimate of drug-likeness (QED) is 0.297. The van der Waals surface area contributed by atoms with Crippen molar-refractivity contribution in [2.45, 2.75) is 37.5 Å². The summed E-state index contributed by atoms with van der Waals surface area (Å²) in [6.45, 7) is 1.79. The molecule has 8 rings (SSSR count). The van der Waals surface area contributed by atoms with Gasteiger partial charge >= 0.3 is 0 Å². The van der Waals surface area contributed by atoms with Crippen molar-refractivity contribution in [2.75, 3.05) is 23.7 Å². The summed E-state index contributed by atoms with van der Waals surface area (Å²) < 4.78 is 21.2. The van der Waals surface area contributed by atoms with E-state index in [-0.39, 0.29) is 12.1 Å². The monoisotopic (exact) mass is 589 g/mol. The lowest BCUT2D eigenvalue weighted by molar-refractivity contribution is 0.241. The number of piperidine rings is 1. The maximum atomic E-state index is 15.7. The molecule has 1 saturated heterocycles. The smallest absolute Gasteiger partial charge is 0.167 e. The molecule has 1 aliphatic heterocycles. The Kier molecular flexibility index (Phi) is 6.37. The van der Waals surface area contributed by atoms with Gasteiger partial charge in [0, 0.05) is 69.1 Å². The summed E-state index contributed by atoms with van der Waals surface area (Å²) in [7, 11) is 1.93. The minimum atomic E-state index is -1.01. The second kappa shape index (κ2) is 10.6. The number of fused-ring (bicyclic) bond motifs is 2. The zero-order chi connectivity index (χ0) is 29.8. The van der Waals surface area contributed by atoms with Gasteiger partial charge in [0.25, 0.3) is 0 Å². The van der Waals surface area contributed by atoms with Gasteiger partial charge in [0.15, 0.2) is 23.1 Å². The molecule has 1 aromatic carbocycles. The SMILES string of the molecule is Cn1ccc(N2CCC(N[C@@H]3c4ccc(-n5c(-c6cccnc6N)nc6ccc(-n7cccn7)nc65)cc4CC3F)CC2)n1. The number of aromatic nitrogens is 8. The van der Waals surface area contributed by atoms with Crippen molar-refractivity contribution in [1.82, 2.24) is 44.4 Å². The lowest BCUT2D eigenvalue weighted by Crippen LogP contribution is -2.45. The number of anilines is 2. The summed E-state index contributed by atoms with van der Waals surface area (Å²) >= 11 is 0. The average molecular weight is 590 g/mol. The molecular formula is C32H32FN11. The first kappa shape index (κ1) is 26.5. The van der Waals surface area contributed by atoms with Crippen LogP contribution in [0.15, 0.2) is 79.4 Å². The number of imidazole rings is 1. The van der Waals surface area contributed by atoms with E-state index >= 15 is 4.39 Å². The summed E-state index contributed by atoms with van der Waals surface area (Å²) in [4.78, 5) is 16.5. The Morgan fingerprint density at radius 2 is 1.84 bits per heavy atom. The number of nitrogens with two attached hydrogens (primary N) is 1. The van der Waals surface area contributed by atoms with E-state index in [0.717, 1.165) is 48.6 Å². The number of hydrogen-bond acceptors (Lipinski definition) is 8. The van der Waals surface area contributed by atoms with Crippen LogP contribution in [0.2, 0.25) is 0 Å². The van der Waals surface area contributed by atoms with E-state index in [0.29, 0.717) is 40.6 Å². The predicted molar refractivity (Wildman–Crippen MR) is 167 cm³/mol. The molecular weight excluding hydrogens is 557 g/mol. The van der Waals surface area contributed by atoms with Crippen molar-refractivity contribution in [2.24, 2.45) is 7.05 Å². The van der Waals surface area contributed by atoms with Gasteiger partial charge in [0.1, 0.15) is 17.5 Å². The van der Waals surface area contributed by atoms with Gasteiger partial charge in [0.05, 0.1) is 11.6 Å². The standard InChI is InChI=1S/C32H32FN11/c1-41-15-11-28(40-41)42-16-9-21(10-17-42)37-29-23-6-5-22(18-20(23)19-25(29)33)44-31(24-4-2-12-35-30(24)34)38-26-7-8-27(39-32(26)44)43-14-3-13-36-43/h2-8,11-15,18,21,25,29,37H,9-10,16-17,19H2,1H3,(H2,34,35)/t25?,29-/m1/s1. The van der Waals surface area contributed by atoms with E-state index < -0.39 is 6.17 Å². The number of nitrogen functional groups attached to an aromatic ring is 1. The third-order valence-electron chi connectivity index (χ3n) is 8.74. The molecule has 12 heteroatoms. The highest BCUT2D eigenvalue weighted by molar-refractivity contribution is 5.83. The van der Waals surface area contributed by atoms with Gasteiger partial charge in [-0.25, -0.2) is 24.0 Å². The second-order valence-electron chi connectivity index (χ2n) is 11.5.